The second-order valence-corrected chi connectivity index (χ2v) is 9.08. The number of aliphatic hydroxyl groups is 1. The van der Waals surface area contributed by atoms with E-state index in [1.54, 1.807) is 13.0 Å². The first-order chi connectivity index (χ1) is 8.45. The van der Waals surface area contributed by atoms with Crippen molar-refractivity contribution in [2.24, 2.45) is 0 Å². The van der Waals surface area contributed by atoms with E-state index >= 15 is 0 Å². The highest BCUT2D eigenvalue weighted by atomic mass is 32.2. The van der Waals surface area contributed by atoms with Crippen LogP contribution in [-0.4, -0.2) is 46.6 Å². The molecule has 8 heteroatoms. The van der Waals surface area contributed by atoms with Gasteiger partial charge >= 0.3 is 0 Å². The number of hydrogen-bond donors (Lipinski definition) is 1. The number of nitrogens with zero attached hydrogens (tertiary/aromatic N) is 1. The van der Waals surface area contributed by atoms with Crippen molar-refractivity contribution >= 4 is 32.2 Å². The van der Waals surface area contributed by atoms with Crippen LogP contribution in [0.1, 0.15) is 10.4 Å². The van der Waals surface area contributed by atoms with Crippen LogP contribution in [0.5, 0.6) is 0 Å². The summed E-state index contributed by atoms with van der Waals surface area (Å²) in [6.07, 6.45) is 0. The summed E-state index contributed by atoms with van der Waals surface area (Å²) in [5, 5.41) is 9.10. The van der Waals surface area contributed by atoms with Gasteiger partial charge in [0.2, 0.25) is 0 Å². The summed E-state index contributed by atoms with van der Waals surface area (Å²) >= 11 is 1.11. The molecule has 1 aromatic heterocycles. The fraction of sp³-hybridized carbons (Fsp3) is 0.600. The van der Waals surface area contributed by atoms with E-state index in [2.05, 4.69) is 0 Å². The second kappa shape index (κ2) is 5.38. The molecule has 1 fully saturated rings. The molecule has 2 heterocycles. The van der Waals surface area contributed by atoms with E-state index in [-0.39, 0.29) is 10.8 Å². The first-order valence-corrected chi connectivity index (χ1v) is 9.25. The van der Waals surface area contributed by atoms with Crippen molar-refractivity contribution in [1.29, 1.82) is 0 Å². The van der Waals surface area contributed by atoms with E-state index in [0.29, 0.717) is 29.5 Å². The highest BCUT2D eigenvalue weighted by Crippen LogP contribution is 2.28. The fourth-order valence-corrected chi connectivity index (χ4v) is 6.09. The molecule has 102 valence electrons. The summed E-state index contributed by atoms with van der Waals surface area (Å²) in [5.41, 5.74) is 0.793. The van der Waals surface area contributed by atoms with Crippen LogP contribution in [0.2, 0.25) is 0 Å². The van der Waals surface area contributed by atoms with Gasteiger partial charge in [0.15, 0.2) is 0 Å². The summed E-state index contributed by atoms with van der Waals surface area (Å²) in [5.74, 6) is 0.799. The monoisotopic (exact) mass is 309 g/mol. The molecule has 2 rings (SSSR count). The van der Waals surface area contributed by atoms with Crippen molar-refractivity contribution in [3.05, 3.63) is 16.5 Å². The predicted molar refractivity (Wildman–Crippen MR) is 71.6 cm³/mol. The molecule has 0 aromatic carbocycles. The van der Waals surface area contributed by atoms with Crippen LogP contribution in [-0.2, 0) is 27.4 Å². The SMILES string of the molecule is Cc1cc(S(=O)(=O)N2CCS(=O)CC2)sc1CO. The normalized spacial score (nSPS) is 19.2. The molecule has 0 bridgehead atoms. The molecule has 18 heavy (non-hydrogen) atoms. The molecule has 1 aliphatic heterocycles. The maximum absolute atomic E-state index is 12.3. The molecule has 0 radical (unpaired) electrons. The molecule has 5 nitrogen and oxygen atoms in total. The molecule has 1 aromatic rings. The van der Waals surface area contributed by atoms with Gasteiger partial charge in [0.1, 0.15) is 4.21 Å². The largest absolute Gasteiger partial charge is 0.391 e. The smallest absolute Gasteiger partial charge is 0.252 e. The van der Waals surface area contributed by atoms with Gasteiger partial charge in [-0.3, -0.25) is 4.21 Å². The third-order valence-electron chi connectivity index (χ3n) is 2.87. The van der Waals surface area contributed by atoms with Crippen LogP contribution >= 0.6 is 11.3 Å². The average Bonchev–Trinajstić information content (AvgIpc) is 2.72. The van der Waals surface area contributed by atoms with Gasteiger partial charge in [0.05, 0.1) is 6.61 Å². The highest BCUT2D eigenvalue weighted by molar-refractivity contribution is 7.91. The molecule has 1 saturated heterocycles. The maximum Gasteiger partial charge on any atom is 0.252 e. The van der Waals surface area contributed by atoms with E-state index in [9.17, 15) is 12.6 Å². The van der Waals surface area contributed by atoms with Crippen LogP contribution < -0.4 is 0 Å². The van der Waals surface area contributed by atoms with Gasteiger partial charge in [0, 0.05) is 40.3 Å². The minimum atomic E-state index is -3.49. The van der Waals surface area contributed by atoms with Gasteiger partial charge in [0.25, 0.3) is 10.0 Å². The Bertz CT molecular complexity index is 554. The molecule has 0 amide bonds. The van der Waals surface area contributed by atoms with Crippen molar-refractivity contribution in [3.63, 3.8) is 0 Å². The van der Waals surface area contributed by atoms with Gasteiger partial charge in [-0.1, -0.05) is 0 Å². The van der Waals surface area contributed by atoms with E-state index in [1.165, 1.54) is 4.31 Å². The minimum Gasteiger partial charge on any atom is -0.391 e. The van der Waals surface area contributed by atoms with Gasteiger partial charge in [-0.15, -0.1) is 11.3 Å². The summed E-state index contributed by atoms with van der Waals surface area (Å²) in [6.45, 7) is 2.25. The molecule has 0 saturated carbocycles. The number of hydrogen-bond acceptors (Lipinski definition) is 5. The molecule has 0 aliphatic carbocycles. The van der Waals surface area contributed by atoms with Crippen LogP contribution in [0.4, 0.5) is 0 Å². The molecular formula is C10H15NO4S3. The van der Waals surface area contributed by atoms with Gasteiger partial charge in [-0.2, -0.15) is 4.31 Å². The Morgan fingerprint density at radius 3 is 2.56 bits per heavy atom. The standard InChI is InChI=1S/C10H15NO4S3/c1-8-6-10(16-9(8)7-12)18(14,15)11-2-4-17(13)5-3-11/h6,12H,2-5,7H2,1H3. The van der Waals surface area contributed by atoms with Crippen molar-refractivity contribution in [2.75, 3.05) is 24.6 Å². The zero-order chi connectivity index (χ0) is 13.3. The summed E-state index contributed by atoms with van der Waals surface area (Å²) in [4.78, 5) is 0.675. The first kappa shape index (κ1) is 14.1. The molecule has 0 atom stereocenters. The Labute approximate surface area is 113 Å². The lowest BCUT2D eigenvalue weighted by atomic mass is 10.3. The molecule has 0 spiro atoms. The van der Waals surface area contributed by atoms with E-state index in [0.717, 1.165) is 16.9 Å². The molecule has 0 unspecified atom stereocenters. The van der Waals surface area contributed by atoms with E-state index in [1.807, 2.05) is 0 Å². The van der Waals surface area contributed by atoms with Crippen LogP contribution in [0, 0.1) is 6.92 Å². The zero-order valence-electron chi connectivity index (χ0n) is 9.96. The lowest BCUT2D eigenvalue weighted by Crippen LogP contribution is -2.41. The third-order valence-corrected chi connectivity index (χ3v) is 7.72. The zero-order valence-corrected chi connectivity index (χ0v) is 12.4. The Hall–Kier alpha value is -0.280. The van der Waals surface area contributed by atoms with E-state index in [4.69, 9.17) is 5.11 Å². The number of thiophene rings is 1. The van der Waals surface area contributed by atoms with Crippen molar-refractivity contribution < 1.29 is 17.7 Å². The summed E-state index contributed by atoms with van der Waals surface area (Å²) < 4.78 is 37.5. The van der Waals surface area contributed by atoms with Gasteiger partial charge in [-0.05, 0) is 18.6 Å². The average molecular weight is 309 g/mol. The van der Waals surface area contributed by atoms with Gasteiger partial charge in [-0.25, -0.2) is 8.42 Å². The predicted octanol–water partition coefficient (Wildman–Crippen LogP) is 0.302. The lowest BCUT2D eigenvalue weighted by molar-refractivity contribution is 0.285. The number of aryl methyl sites for hydroxylation is 1. The number of sulfonamides is 1. The Morgan fingerprint density at radius 1 is 1.44 bits per heavy atom. The maximum atomic E-state index is 12.3. The lowest BCUT2D eigenvalue weighted by Gasteiger charge is -2.24. The second-order valence-electron chi connectivity index (χ2n) is 4.08. The Balaban J connectivity index is 2.27. The Kier molecular flexibility index (Phi) is 4.22. The van der Waals surface area contributed by atoms with Crippen molar-refractivity contribution in [3.8, 4) is 0 Å². The quantitative estimate of drug-likeness (QED) is 0.871. The van der Waals surface area contributed by atoms with Crippen LogP contribution in [0.25, 0.3) is 0 Å². The number of aliphatic hydroxyl groups excluding tert-OH is 1. The van der Waals surface area contributed by atoms with Gasteiger partial charge < -0.3 is 5.11 Å². The highest BCUT2D eigenvalue weighted by Gasteiger charge is 2.29. The third kappa shape index (κ3) is 2.67. The molecular weight excluding hydrogens is 294 g/mol. The van der Waals surface area contributed by atoms with E-state index < -0.39 is 20.8 Å². The van der Waals surface area contributed by atoms with Crippen molar-refractivity contribution in [2.45, 2.75) is 17.7 Å². The van der Waals surface area contributed by atoms with Crippen LogP contribution in [0.3, 0.4) is 0 Å². The first-order valence-electron chi connectivity index (χ1n) is 5.50. The fourth-order valence-electron chi connectivity index (χ4n) is 1.76. The molecule has 1 N–H and O–H groups in total. The van der Waals surface area contributed by atoms with Crippen molar-refractivity contribution in [1.82, 2.24) is 4.31 Å². The minimum absolute atomic E-state index is 0.143. The topological polar surface area (TPSA) is 74.7 Å². The van der Waals surface area contributed by atoms with Crippen LogP contribution in [0.15, 0.2) is 10.3 Å². The summed E-state index contributed by atoms with van der Waals surface area (Å²) in [7, 11) is -4.39. The Morgan fingerprint density at radius 2 is 2.06 bits per heavy atom. The molecule has 1 aliphatic rings. The number of rotatable bonds is 3. The summed E-state index contributed by atoms with van der Waals surface area (Å²) in [6, 6.07) is 1.59.